The predicted octanol–water partition coefficient (Wildman–Crippen LogP) is 3.11. The van der Waals surface area contributed by atoms with Crippen LogP contribution in [0.4, 0.5) is 5.00 Å². The van der Waals surface area contributed by atoms with Gasteiger partial charge in [0, 0.05) is 6.54 Å². The number of piperidine rings is 1. The number of thiophene rings is 1. The minimum Gasteiger partial charge on any atom is -0.315 e. The summed E-state index contributed by atoms with van der Waals surface area (Å²) >= 11 is 1.25. The van der Waals surface area contributed by atoms with Crippen LogP contribution < -0.4 is 5.32 Å². The summed E-state index contributed by atoms with van der Waals surface area (Å²) in [5.74, 6) is -0.390. The van der Waals surface area contributed by atoms with Crippen molar-refractivity contribution in [1.29, 1.82) is 5.26 Å². The molecule has 1 aromatic carbocycles. The molecule has 1 aliphatic heterocycles. The number of anilines is 1. The van der Waals surface area contributed by atoms with Gasteiger partial charge in [-0.15, -0.1) is 11.3 Å². The number of carbonyl (C=O) groups excluding carboxylic acids is 1. The first kappa shape index (κ1) is 18.6. The van der Waals surface area contributed by atoms with E-state index in [1.165, 1.54) is 15.6 Å². The van der Waals surface area contributed by atoms with Crippen LogP contribution in [0.3, 0.4) is 0 Å². The van der Waals surface area contributed by atoms with Gasteiger partial charge in [-0.05, 0) is 43.3 Å². The second-order valence-electron chi connectivity index (χ2n) is 6.20. The Labute approximate surface area is 157 Å². The Morgan fingerprint density at radius 1 is 1.27 bits per heavy atom. The summed E-state index contributed by atoms with van der Waals surface area (Å²) in [6.07, 6.45) is 1.97. The maximum absolute atomic E-state index is 13.0. The third kappa shape index (κ3) is 3.65. The van der Waals surface area contributed by atoms with Crippen LogP contribution in [0.25, 0.3) is 0 Å². The molecule has 3 rings (SSSR count). The minimum absolute atomic E-state index is 0.191. The Balaban J connectivity index is 1.87. The van der Waals surface area contributed by atoms with Crippen molar-refractivity contribution >= 4 is 32.3 Å². The highest BCUT2D eigenvalue weighted by atomic mass is 32.2. The maximum atomic E-state index is 13.0. The zero-order chi connectivity index (χ0) is 18.7. The predicted molar refractivity (Wildman–Crippen MR) is 100 cm³/mol. The lowest BCUT2D eigenvalue weighted by atomic mass is 10.0. The zero-order valence-corrected chi connectivity index (χ0v) is 15.9. The van der Waals surface area contributed by atoms with Crippen LogP contribution in [0.2, 0.25) is 0 Å². The second kappa shape index (κ2) is 7.58. The quantitative estimate of drug-likeness (QED) is 0.870. The average Bonchev–Trinajstić information content (AvgIpc) is 3.09. The largest absolute Gasteiger partial charge is 0.315 e. The molecule has 26 heavy (non-hydrogen) atoms. The Morgan fingerprint density at radius 2 is 2.00 bits per heavy atom. The van der Waals surface area contributed by atoms with Crippen LogP contribution in [0.15, 0.2) is 40.6 Å². The van der Waals surface area contributed by atoms with Crippen LogP contribution in [-0.4, -0.2) is 31.2 Å². The van der Waals surface area contributed by atoms with Crippen molar-refractivity contribution in [1.82, 2.24) is 4.31 Å². The highest BCUT2D eigenvalue weighted by Crippen LogP contribution is 2.28. The van der Waals surface area contributed by atoms with E-state index >= 15 is 0 Å². The second-order valence-corrected chi connectivity index (χ2v) is 9.01. The molecule has 1 atom stereocenters. The van der Waals surface area contributed by atoms with Crippen LogP contribution >= 0.6 is 11.3 Å². The third-order valence-corrected chi connectivity index (χ3v) is 7.16. The molecule has 0 spiro atoms. The molecular weight excluding hydrogens is 370 g/mol. The molecular formula is C18H19N3O3S2. The van der Waals surface area contributed by atoms with E-state index in [9.17, 15) is 13.2 Å². The number of rotatable bonds is 4. The van der Waals surface area contributed by atoms with Gasteiger partial charge in [0.15, 0.2) is 0 Å². The number of carbonyl (C=O) groups is 1. The summed E-state index contributed by atoms with van der Waals surface area (Å²) in [7, 11) is -3.76. The molecule has 0 aliphatic carbocycles. The Bertz CT molecular complexity index is 943. The molecule has 1 amide bonds. The van der Waals surface area contributed by atoms with Gasteiger partial charge in [0.05, 0.1) is 10.5 Å². The molecule has 136 valence electrons. The first-order valence-corrected chi connectivity index (χ1v) is 10.6. The molecule has 0 radical (unpaired) electrons. The minimum atomic E-state index is -3.76. The summed E-state index contributed by atoms with van der Waals surface area (Å²) in [6, 6.07) is 9.51. The van der Waals surface area contributed by atoms with Crippen LogP contribution in [0, 0.1) is 18.3 Å². The molecule has 1 aromatic heterocycles. The van der Waals surface area contributed by atoms with Gasteiger partial charge in [0.1, 0.15) is 17.1 Å². The summed E-state index contributed by atoms with van der Waals surface area (Å²) in [5.41, 5.74) is 1.35. The number of hydrogen-bond donors (Lipinski definition) is 1. The fraction of sp³-hybridized carbons (Fsp3) is 0.333. The topological polar surface area (TPSA) is 90.3 Å². The molecule has 1 unspecified atom stereocenters. The fourth-order valence-corrected chi connectivity index (χ4v) is 5.39. The summed E-state index contributed by atoms with van der Waals surface area (Å²) in [4.78, 5) is 12.9. The molecule has 8 heteroatoms. The van der Waals surface area contributed by atoms with Gasteiger partial charge in [-0.25, -0.2) is 8.42 Å². The van der Waals surface area contributed by atoms with E-state index in [-0.39, 0.29) is 10.8 Å². The number of amides is 1. The third-order valence-electron chi connectivity index (χ3n) is 4.41. The number of hydrogen-bond acceptors (Lipinski definition) is 5. The number of aryl methyl sites for hydroxylation is 1. The van der Waals surface area contributed by atoms with Crippen molar-refractivity contribution in [3.05, 3.63) is 46.8 Å². The number of nitrogens with one attached hydrogen (secondary N) is 1. The van der Waals surface area contributed by atoms with Crippen molar-refractivity contribution in [2.24, 2.45) is 0 Å². The van der Waals surface area contributed by atoms with E-state index < -0.39 is 16.1 Å². The monoisotopic (exact) mass is 389 g/mol. The highest BCUT2D eigenvalue weighted by Gasteiger charge is 2.37. The van der Waals surface area contributed by atoms with E-state index in [1.54, 1.807) is 35.7 Å². The molecule has 2 aromatic rings. The average molecular weight is 390 g/mol. The Hall–Kier alpha value is -2.21. The molecule has 1 saturated heterocycles. The Kier molecular flexibility index (Phi) is 5.41. The number of benzene rings is 1. The fourth-order valence-electron chi connectivity index (χ4n) is 2.99. The SMILES string of the molecule is Cc1ccc(S(=O)(=O)N2CCCCC2C(=O)Nc2sccc2C#N)cc1. The number of sulfonamides is 1. The molecule has 0 bridgehead atoms. The summed E-state index contributed by atoms with van der Waals surface area (Å²) in [5, 5.41) is 14.0. The van der Waals surface area contributed by atoms with Crippen LogP contribution in [-0.2, 0) is 14.8 Å². The lowest BCUT2D eigenvalue weighted by Gasteiger charge is -2.33. The molecule has 1 aliphatic rings. The molecule has 1 fully saturated rings. The number of nitrogens with zero attached hydrogens (tertiary/aromatic N) is 2. The maximum Gasteiger partial charge on any atom is 0.243 e. The van der Waals surface area contributed by atoms with Crippen molar-refractivity contribution in [3.8, 4) is 6.07 Å². The van der Waals surface area contributed by atoms with Crippen LogP contribution in [0.5, 0.6) is 0 Å². The van der Waals surface area contributed by atoms with Gasteiger partial charge in [0.25, 0.3) is 0 Å². The Morgan fingerprint density at radius 3 is 2.69 bits per heavy atom. The van der Waals surface area contributed by atoms with E-state index in [0.717, 1.165) is 18.4 Å². The van der Waals surface area contributed by atoms with Gasteiger partial charge < -0.3 is 5.32 Å². The van der Waals surface area contributed by atoms with Crippen LogP contribution in [0.1, 0.15) is 30.4 Å². The smallest absolute Gasteiger partial charge is 0.243 e. The van der Waals surface area contributed by atoms with Crippen molar-refractivity contribution in [3.63, 3.8) is 0 Å². The van der Waals surface area contributed by atoms with Crippen molar-refractivity contribution in [2.45, 2.75) is 37.1 Å². The summed E-state index contributed by atoms with van der Waals surface area (Å²) < 4.78 is 27.4. The van der Waals surface area contributed by atoms with E-state index in [4.69, 9.17) is 5.26 Å². The lowest BCUT2D eigenvalue weighted by Crippen LogP contribution is -2.49. The lowest BCUT2D eigenvalue weighted by molar-refractivity contribution is -0.120. The van der Waals surface area contributed by atoms with E-state index in [0.29, 0.717) is 23.5 Å². The normalized spacial score (nSPS) is 18.2. The first-order valence-electron chi connectivity index (χ1n) is 8.30. The molecule has 1 N–H and O–H groups in total. The molecule has 2 heterocycles. The zero-order valence-electron chi connectivity index (χ0n) is 14.3. The molecule has 0 saturated carbocycles. The van der Waals surface area contributed by atoms with Crippen molar-refractivity contribution in [2.75, 3.05) is 11.9 Å². The van der Waals surface area contributed by atoms with Gasteiger partial charge in [-0.1, -0.05) is 24.1 Å². The molecule has 6 nitrogen and oxygen atoms in total. The van der Waals surface area contributed by atoms with E-state index in [1.807, 2.05) is 13.0 Å². The standard InChI is InChI=1S/C18H19N3O3S2/c1-13-5-7-15(8-6-13)26(23,24)21-10-3-2-4-16(21)17(22)20-18-14(12-19)9-11-25-18/h5-9,11,16H,2-4,10H2,1H3,(H,20,22). The van der Waals surface area contributed by atoms with Gasteiger partial charge >= 0.3 is 0 Å². The number of nitriles is 1. The van der Waals surface area contributed by atoms with Gasteiger partial charge in [-0.2, -0.15) is 9.57 Å². The van der Waals surface area contributed by atoms with Gasteiger partial charge in [-0.3, -0.25) is 4.79 Å². The highest BCUT2D eigenvalue weighted by molar-refractivity contribution is 7.89. The first-order chi connectivity index (χ1) is 12.4. The van der Waals surface area contributed by atoms with Crippen molar-refractivity contribution < 1.29 is 13.2 Å². The summed E-state index contributed by atoms with van der Waals surface area (Å²) in [6.45, 7) is 2.20. The van der Waals surface area contributed by atoms with Gasteiger partial charge in [0.2, 0.25) is 15.9 Å². The van der Waals surface area contributed by atoms with E-state index in [2.05, 4.69) is 5.32 Å².